The Morgan fingerprint density at radius 3 is 2.88 bits per heavy atom. The zero-order valence-corrected chi connectivity index (χ0v) is 13.3. The molecule has 1 fully saturated rings. The maximum atomic E-state index is 13.3. The summed E-state index contributed by atoms with van der Waals surface area (Å²) in [6.07, 6.45) is -0.367. The van der Waals surface area contributed by atoms with Crippen molar-refractivity contribution in [2.45, 2.75) is 24.9 Å². The molecular weight excluding hydrogens is 341 g/mol. The number of hydrogen-bond acceptors (Lipinski definition) is 4. The van der Waals surface area contributed by atoms with Crippen molar-refractivity contribution in [1.29, 1.82) is 5.26 Å². The third-order valence-corrected chi connectivity index (χ3v) is 3.91. The van der Waals surface area contributed by atoms with Gasteiger partial charge < -0.3 is 15.2 Å². The third-order valence-electron chi connectivity index (χ3n) is 3.60. The van der Waals surface area contributed by atoms with Crippen LogP contribution in [0.2, 0.25) is 5.02 Å². The van der Waals surface area contributed by atoms with Gasteiger partial charge in [0.2, 0.25) is 0 Å². The zero-order valence-electron chi connectivity index (χ0n) is 12.5. The molecule has 1 heterocycles. The summed E-state index contributed by atoms with van der Waals surface area (Å²) in [4.78, 5) is 24.0. The first kappa shape index (κ1) is 17.8. The summed E-state index contributed by atoms with van der Waals surface area (Å²) in [5.74, 6) is -0.954. The number of nitrogens with one attached hydrogen (secondary N) is 1. The predicted molar refractivity (Wildman–Crippen MR) is 82.2 cm³/mol. The van der Waals surface area contributed by atoms with E-state index in [4.69, 9.17) is 26.7 Å². The largest absolute Gasteiger partial charge is 0.484 e. The molecule has 24 heavy (non-hydrogen) atoms. The molecule has 1 aromatic carbocycles. The Morgan fingerprint density at radius 1 is 1.50 bits per heavy atom. The predicted octanol–water partition coefficient (Wildman–Crippen LogP) is 2.01. The van der Waals surface area contributed by atoms with Crippen LogP contribution in [0.4, 0.5) is 9.18 Å². The van der Waals surface area contributed by atoms with E-state index in [0.29, 0.717) is 12.8 Å². The summed E-state index contributed by atoms with van der Waals surface area (Å²) in [5.41, 5.74) is 0. The van der Waals surface area contributed by atoms with Gasteiger partial charge >= 0.3 is 6.09 Å². The topological polar surface area (TPSA) is 103 Å². The molecule has 1 aliphatic heterocycles. The molecule has 1 unspecified atom stereocenters. The molecule has 128 valence electrons. The number of carboxylic acid groups (broad SMARTS) is 1. The Hall–Kier alpha value is -2.53. The minimum Gasteiger partial charge on any atom is -0.484 e. The van der Waals surface area contributed by atoms with Crippen molar-refractivity contribution >= 4 is 23.6 Å². The third kappa shape index (κ3) is 4.49. The van der Waals surface area contributed by atoms with Gasteiger partial charge in [0.15, 0.2) is 6.61 Å². The Morgan fingerprint density at radius 2 is 2.25 bits per heavy atom. The van der Waals surface area contributed by atoms with Crippen molar-refractivity contribution < 1.29 is 23.8 Å². The minimum absolute atomic E-state index is 0.0366. The van der Waals surface area contributed by atoms with E-state index >= 15 is 0 Å². The van der Waals surface area contributed by atoms with Crippen LogP contribution in [0.25, 0.3) is 0 Å². The number of benzene rings is 1. The van der Waals surface area contributed by atoms with Gasteiger partial charge in [-0.3, -0.25) is 9.69 Å². The van der Waals surface area contributed by atoms with E-state index in [-0.39, 0.29) is 23.9 Å². The van der Waals surface area contributed by atoms with Crippen LogP contribution in [0.1, 0.15) is 12.8 Å². The highest BCUT2D eigenvalue weighted by atomic mass is 35.5. The van der Waals surface area contributed by atoms with Crippen LogP contribution < -0.4 is 10.1 Å². The van der Waals surface area contributed by atoms with Gasteiger partial charge in [-0.15, -0.1) is 0 Å². The number of amides is 2. The summed E-state index contributed by atoms with van der Waals surface area (Å²) in [5, 5.41) is 20.6. The van der Waals surface area contributed by atoms with Crippen LogP contribution in [0.5, 0.6) is 5.75 Å². The molecule has 1 aromatic rings. The number of halogens is 2. The van der Waals surface area contributed by atoms with E-state index in [1.165, 1.54) is 12.1 Å². The van der Waals surface area contributed by atoms with Gasteiger partial charge in [0, 0.05) is 18.7 Å². The number of nitriles is 1. The lowest BCUT2D eigenvalue weighted by atomic mass is 9.99. The molecule has 0 bridgehead atoms. The fourth-order valence-electron chi connectivity index (χ4n) is 2.42. The molecule has 2 rings (SSSR count). The van der Waals surface area contributed by atoms with Crippen molar-refractivity contribution in [3.63, 3.8) is 0 Å². The van der Waals surface area contributed by atoms with Gasteiger partial charge in [0.1, 0.15) is 17.6 Å². The molecule has 1 saturated heterocycles. The van der Waals surface area contributed by atoms with E-state index in [0.717, 1.165) is 11.0 Å². The molecule has 2 atom stereocenters. The highest BCUT2D eigenvalue weighted by molar-refractivity contribution is 6.30. The second kappa shape index (κ2) is 7.84. The molecule has 9 heteroatoms. The van der Waals surface area contributed by atoms with Crippen molar-refractivity contribution in [1.82, 2.24) is 10.2 Å². The Kier molecular flexibility index (Phi) is 5.82. The molecular formula is C15H15ClFN3O4. The average Bonchev–Trinajstić information content (AvgIpc) is 2.55. The van der Waals surface area contributed by atoms with Crippen LogP contribution in [-0.2, 0) is 4.79 Å². The molecule has 0 saturated carbocycles. The molecule has 0 spiro atoms. The van der Waals surface area contributed by atoms with Crippen molar-refractivity contribution in [2.24, 2.45) is 0 Å². The molecule has 2 N–H and O–H groups in total. The molecule has 0 aliphatic carbocycles. The maximum Gasteiger partial charge on any atom is 0.408 e. The number of carbonyl (C=O) groups excluding carboxylic acids is 1. The molecule has 2 amide bonds. The van der Waals surface area contributed by atoms with E-state index in [2.05, 4.69) is 5.32 Å². The van der Waals surface area contributed by atoms with E-state index in [1.54, 1.807) is 0 Å². The summed E-state index contributed by atoms with van der Waals surface area (Å²) in [7, 11) is 0. The molecule has 1 aliphatic rings. The second-order valence-corrected chi connectivity index (χ2v) is 5.69. The number of piperidine rings is 1. The number of nitrogens with zero attached hydrogens (tertiary/aromatic N) is 2. The summed E-state index contributed by atoms with van der Waals surface area (Å²) in [6.45, 7) is -0.304. The normalized spacial score (nSPS) is 20.1. The van der Waals surface area contributed by atoms with E-state index in [1.807, 2.05) is 6.07 Å². The van der Waals surface area contributed by atoms with Gasteiger partial charge in [-0.2, -0.15) is 5.26 Å². The fourth-order valence-corrected chi connectivity index (χ4v) is 2.54. The van der Waals surface area contributed by atoms with Crippen molar-refractivity contribution in [3.05, 3.63) is 29.0 Å². The fraction of sp³-hybridized carbons (Fsp3) is 0.400. The molecule has 7 nitrogen and oxygen atoms in total. The Bertz CT molecular complexity index is 679. The first-order valence-corrected chi connectivity index (χ1v) is 7.55. The van der Waals surface area contributed by atoms with Gasteiger partial charge in [0.25, 0.3) is 5.91 Å². The molecule has 0 radical (unpaired) electrons. The summed E-state index contributed by atoms with van der Waals surface area (Å²) < 4.78 is 18.4. The van der Waals surface area contributed by atoms with E-state index < -0.39 is 29.9 Å². The lowest BCUT2D eigenvalue weighted by molar-refractivity contribution is -0.124. The number of carbonyl (C=O) groups is 2. The summed E-state index contributed by atoms with van der Waals surface area (Å²) in [6, 6.07) is 4.64. The SMILES string of the molecule is N#C[C@H]1CCC(NC(=O)COc2ccc(Cl)c(F)c2)CN1C(=O)O. The smallest absolute Gasteiger partial charge is 0.408 e. The lowest BCUT2D eigenvalue weighted by Gasteiger charge is -2.34. The number of hydrogen-bond donors (Lipinski definition) is 2. The summed E-state index contributed by atoms with van der Waals surface area (Å²) >= 11 is 5.55. The monoisotopic (exact) mass is 355 g/mol. The average molecular weight is 356 g/mol. The number of rotatable bonds is 4. The highest BCUT2D eigenvalue weighted by Gasteiger charge is 2.32. The van der Waals surface area contributed by atoms with Crippen LogP contribution in [0.15, 0.2) is 18.2 Å². The van der Waals surface area contributed by atoms with Gasteiger partial charge in [-0.1, -0.05) is 11.6 Å². The van der Waals surface area contributed by atoms with Crippen molar-refractivity contribution in [3.8, 4) is 11.8 Å². The van der Waals surface area contributed by atoms with Gasteiger partial charge in [0.05, 0.1) is 11.1 Å². The highest BCUT2D eigenvalue weighted by Crippen LogP contribution is 2.20. The van der Waals surface area contributed by atoms with Crippen LogP contribution in [0.3, 0.4) is 0 Å². The lowest BCUT2D eigenvalue weighted by Crippen LogP contribution is -2.53. The first-order valence-electron chi connectivity index (χ1n) is 7.17. The molecule has 0 aromatic heterocycles. The standard InChI is InChI=1S/C15H15ClFN3O4/c16-12-4-3-11(5-13(12)17)24-8-14(21)19-9-1-2-10(6-18)20(7-9)15(22)23/h3-5,9-10H,1-2,7-8H2,(H,19,21)(H,22,23)/t9?,10-/m1/s1. The Labute approximate surface area is 142 Å². The maximum absolute atomic E-state index is 13.3. The number of ether oxygens (including phenoxy) is 1. The second-order valence-electron chi connectivity index (χ2n) is 5.29. The van der Waals surface area contributed by atoms with Gasteiger partial charge in [-0.25, -0.2) is 9.18 Å². The van der Waals surface area contributed by atoms with Crippen LogP contribution >= 0.6 is 11.6 Å². The van der Waals surface area contributed by atoms with E-state index in [9.17, 15) is 14.0 Å². The van der Waals surface area contributed by atoms with Crippen molar-refractivity contribution in [2.75, 3.05) is 13.2 Å². The Balaban J connectivity index is 1.85. The van der Waals surface area contributed by atoms with Gasteiger partial charge in [-0.05, 0) is 25.0 Å². The zero-order chi connectivity index (χ0) is 17.7. The minimum atomic E-state index is -1.20. The quantitative estimate of drug-likeness (QED) is 0.860. The van der Waals surface area contributed by atoms with Crippen LogP contribution in [-0.4, -0.2) is 47.2 Å². The van der Waals surface area contributed by atoms with Crippen LogP contribution in [0, 0.1) is 17.1 Å². The first-order chi connectivity index (χ1) is 11.4. The number of likely N-dealkylation sites (tertiary alicyclic amines) is 1.